The Kier molecular flexibility index (Phi) is 5.14. The van der Waals surface area contributed by atoms with Crippen molar-refractivity contribution < 1.29 is 23.1 Å². The van der Waals surface area contributed by atoms with Gasteiger partial charge in [0, 0.05) is 30.2 Å². The molecule has 0 spiro atoms. The Hall–Kier alpha value is -2.58. The average molecular weight is 443 g/mol. The van der Waals surface area contributed by atoms with Crippen LogP contribution in [0.1, 0.15) is 37.8 Å². The molecule has 3 heterocycles. The van der Waals surface area contributed by atoms with Crippen molar-refractivity contribution in [1.29, 1.82) is 0 Å². The summed E-state index contributed by atoms with van der Waals surface area (Å²) in [5, 5.41) is 10.1. The lowest BCUT2D eigenvalue weighted by atomic mass is 9.98. The summed E-state index contributed by atoms with van der Waals surface area (Å²) < 4.78 is 39.1. The van der Waals surface area contributed by atoms with Crippen LogP contribution >= 0.6 is 0 Å². The van der Waals surface area contributed by atoms with Crippen LogP contribution in [-0.4, -0.2) is 47.9 Å². The van der Waals surface area contributed by atoms with Crippen LogP contribution in [0, 0.1) is 6.92 Å². The van der Waals surface area contributed by atoms with E-state index in [9.17, 15) is 13.6 Å². The van der Waals surface area contributed by atoms with Gasteiger partial charge in [-0.15, -0.1) is 0 Å². The molecule has 31 heavy (non-hydrogen) atoms. The van der Waals surface area contributed by atoms with Gasteiger partial charge in [-0.1, -0.05) is 6.42 Å². The third-order valence-electron chi connectivity index (χ3n) is 6.38. The van der Waals surface area contributed by atoms with Crippen LogP contribution in [0.4, 0.5) is 0 Å². The topological polar surface area (TPSA) is 90.7 Å². The Morgan fingerprint density at radius 2 is 1.84 bits per heavy atom. The van der Waals surface area contributed by atoms with Crippen LogP contribution in [0.5, 0.6) is 5.75 Å². The highest BCUT2D eigenvalue weighted by Gasteiger charge is 2.33. The van der Waals surface area contributed by atoms with Gasteiger partial charge in [0.1, 0.15) is 11.9 Å². The lowest BCUT2D eigenvalue weighted by Crippen LogP contribution is -2.28. The zero-order chi connectivity index (χ0) is 21.6. The first kappa shape index (κ1) is 20.3. The molecule has 1 N–H and O–H groups in total. The normalized spacial score (nSPS) is 18.2. The Morgan fingerprint density at radius 1 is 1.06 bits per heavy atom. The predicted molar refractivity (Wildman–Crippen MR) is 116 cm³/mol. The monoisotopic (exact) mass is 442 g/mol. The molecule has 0 radical (unpaired) electrons. The van der Waals surface area contributed by atoms with Crippen molar-refractivity contribution >= 4 is 9.84 Å². The quantitative estimate of drug-likeness (QED) is 0.599. The van der Waals surface area contributed by atoms with Gasteiger partial charge < -0.3 is 14.7 Å². The smallest absolute Gasteiger partial charge is 0.181 e. The van der Waals surface area contributed by atoms with E-state index < -0.39 is 9.84 Å². The summed E-state index contributed by atoms with van der Waals surface area (Å²) in [5.41, 5.74) is 2.84. The standard InChI is InChI=1S/C23H26N2O5S/c1-15-13-20(19-7-10-24-23(19)25(15)26)21-14-18(31(27,28)17-3-2-4-17)5-6-22(21)30-16-8-11-29-12-9-16/h5-7,10,13-14,16-17,26H,2-4,8-9,11-12H2,1H3. The number of benzene rings is 1. The molecule has 1 saturated heterocycles. The summed E-state index contributed by atoms with van der Waals surface area (Å²) in [6, 6.07) is 8.82. The Balaban J connectivity index is 1.65. The summed E-state index contributed by atoms with van der Waals surface area (Å²) in [5.74, 6) is 1.07. The summed E-state index contributed by atoms with van der Waals surface area (Å²) in [6.07, 6.45) is 5.61. The van der Waals surface area contributed by atoms with E-state index in [0.717, 1.165) is 35.1 Å². The third kappa shape index (κ3) is 3.57. The van der Waals surface area contributed by atoms with Crippen LogP contribution in [0.3, 0.4) is 0 Å². The van der Waals surface area contributed by atoms with Crippen molar-refractivity contribution in [3.05, 3.63) is 42.2 Å². The highest BCUT2D eigenvalue weighted by Crippen LogP contribution is 2.42. The van der Waals surface area contributed by atoms with E-state index in [1.165, 1.54) is 0 Å². The minimum Gasteiger partial charge on any atom is -0.490 e. The van der Waals surface area contributed by atoms with Gasteiger partial charge in [-0.05, 0) is 55.7 Å². The number of hydrogen-bond acceptors (Lipinski definition) is 6. The van der Waals surface area contributed by atoms with E-state index in [1.807, 2.05) is 12.1 Å². The molecule has 7 nitrogen and oxygen atoms in total. The lowest BCUT2D eigenvalue weighted by Gasteiger charge is -2.27. The first-order valence-corrected chi connectivity index (χ1v) is 12.3. The Morgan fingerprint density at radius 3 is 2.55 bits per heavy atom. The zero-order valence-corrected chi connectivity index (χ0v) is 18.3. The fourth-order valence-electron chi connectivity index (χ4n) is 4.29. The summed E-state index contributed by atoms with van der Waals surface area (Å²) in [6.45, 7) is 3.09. The first-order valence-electron chi connectivity index (χ1n) is 10.7. The number of aromatic nitrogens is 2. The van der Waals surface area contributed by atoms with Crippen LogP contribution in [0.25, 0.3) is 22.5 Å². The molecular formula is C23H26N2O5S. The molecule has 3 aliphatic heterocycles. The molecule has 1 aliphatic carbocycles. The molecule has 0 aromatic heterocycles. The second-order valence-electron chi connectivity index (χ2n) is 8.38. The maximum atomic E-state index is 13.1. The fourth-order valence-corrected chi connectivity index (χ4v) is 6.17. The molecule has 1 saturated carbocycles. The van der Waals surface area contributed by atoms with Gasteiger partial charge in [0.15, 0.2) is 15.7 Å². The molecule has 0 bridgehead atoms. The number of aryl methyl sites for hydroxylation is 1. The Labute approximate surface area is 181 Å². The van der Waals surface area contributed by atoms with Crippen molar-refractivity contribution in [3.63, 3.8) is 0 Å². The number of rotatable bonds is 5. The highest BCUT2D eigenvalue weighted by atomic mass is 32.2. The van der Waals surface area contributed by atoms with E-state index >= 15 is 0 Å². The van der Waals surface area contributed by atoms with E-state index in [1.54, 1.807) is 31.3 Å². The largest absolute Gasteiger partial charge is 0.490 e. The van der Waals surface area contributed by atoms with Crippen molar-refractivity contribution in [2.45, 2.75) is 55.3 Å². The summed E-state index contributed by atoms with van der Waals surface area (Å²) in [4.78, 5) is 4.59. The maximum Gasteiger partial charge on any atom is 0.181 e. The highest BCUT2D eigenvalue weighted by molar-refractivity contribution is 7.92. The zero-order valence-electron chi connectivity index (χ0n) is 17.5. The molecule has 5 rings (SSSR count). The molecule has 4 aliphatic rings. The second-order valence-corrected chi connectivity index (χ2v) is 10.6. The SMILES string of the molecule is Cc1cc(-c2cc(S(=O)(=O)C3CCC3)ccc2OC2CCOCC2)c2ccnc-2n1O. The molecule has 0 unspecified atom stereocenters. The molecule has 0 amide bonds. The van der Waals surface area contributed by atoms with E-state index in [4.69, 9.17) is 9.47 Å². The van der Waals surface area contributed by atoms with E-state index in [2.05, 4.69) is 4.98 Å². The number of nitrogens with zero attached hydrogens (tertiary/aromatic N) is 2. The maximum absolute atomic E-state index is 13.1. The first-order chi connectivity index (χ1) is 14.9. The minimum absolute atomic E-state index is 0.0162. The molecule has 8 heteroatoms. The van der Waals surface area contributed by atoms with Crippen LogP contribution in [0.15, 0.2) is 41.4 Å². The predicted octanol–water partition coefficient (Wildman–Crippen LogP) is 4.08. The van der Waals surface area contributed by atoms with Gasteiger partial charge in [-0.25, -0.2) is 13.4 Å². The molecule has 0 atom stereocenters. The second kappa shape index (κ2) is 7.84. The average Bonchev–Trinajstić information content (AvgIpc) is 3.20. The number of fused-ring (bicyclic) bond motifs is 1. The van der Waals surface area contributed by atoms with Crippen molar-refractivity contribution in [2.75, 3.05) is 13.2 Å². The van der Waals surface area contributed by atoms with E-state index in [-0.39, 0.29) is 11.4 Å². The van der Waals surface area contributed by atoms with Gasteiger partial charge >= 0.3 is 0 Å². The number of pyridine rings is 1. The van der Waals surface area contributed by atoms with E-state index in [0.29, 0.717) is 53.8 Å². The number of hydrogen-bond donors (Lipinski definition) is 1. The van der Waals surface area contributed by atoms with Crippen LogP contribution in [-0.2, 0) is 14.6 Å². The molecule has 2 fully saturated rings. The van der Waals surface area contributed by atoms with Crippen LogP contribution < -0.4 is 4.74 Å². The van der Waals surface area contributed by atoms with Gasteiger partial charge in [-0.2, -0.15) is 4.73 Å². The van der Waals surface area contributed by atoms with Gasteiger partial charge in [0.25, 0.3) is 0 Å². The van der Waals surface area contributed by atoms with Crippen molar-refractivity contribution in [1.82, 2.24) is 9.71 Å². The van der Waals surface area contributed by atoms with Crippen molar-refractivity contribution in [3.8, 4) is 28.3 Å². The molecule has 1 aromatic rings. The van der Waals surface area contributed by atoms with Crippen LogP contribution in [0.2, 0.25) is 0 Å². The van der Waals surface area contributed by atoms with Gasteiger partial charge in [0.2, 0.25) is 0 Å². The lowest BCUT2D eigenvalue weighted by molar-refractivity contribution is 0.0258. The Bertz CT molecular complexity index is 1180. The third-order valence-corrected chi connectivity index (χ3v) is 8.64. The molecule has 1 aromatic carbocycles. The van der Waals surface area contributed by atoms with Gasteiger partial charge in [-0.3, -0.25) is 0 Å². The van der Waals surface area contributed by atoms with Crippen molar-refractivity contribution in [2.24, 2.45) is 0 Å². The molecular weight excluding hydrogens is 416 g/mol. The minimum atomic E-state index is -3.39. The number of ether oxygens (including phenoxy) is 2. The number of sulfone groups is 1. The van der Waals surface area contributed by atoms with Gasteiger partial charge in [0.05, 0.1) is 29.1 Å². The fraction of sp³-hybridized carbons (Fsp3) is 0.435. The summed E-state index contributed by atoms with van der Waals surface area (Å²) >= 11 is 0. The summed E-state index contributed by atoms with van der Waals surface area (Å²) in [7, 11) is -3.39. The molecule has 164 valence electrons.